The largest absolute Gasteiger partial charge is 0.479 e. The van der Waals surface area contributed by atoms with Gasteiger partial charge in [0.05, 0.1) is 0 Å². The van der Waals surface area contributed by atoms with Gasteiger partial charge in [-0.05, 0) is 19.4 Å². The van der Waals surface area contributed by atoms with E-state index < -0.39 is 12.0 Å². The molecule has 0 unspecified atom stereocenters. The van der Waals surface area contributed by atoms with Crippen molar-refractivity contribution in [3.05, 3.63) is 47.0 Å². The smallest absolute Gasteiger partial charge is 0.330 e. The Morgan fingerprint density at radius 1 is 1.36 bits per heavy atom. The van der Waals surface area contributed by atoms with Crippen LogP contribution in [0.2, 0.25) is 0 Å². The number of carboxylic acid groups (broad SMARTS) is 1. The molecule has 0 fully saturated rings. The van der Waals surface area contributed by atoms with Crippen molar-refractivity contribution in [1.29, 1.82) is 0 Å². The van der Waals surface area contributed by atoms with Crippen LogP contribution in [0.1, 0.15) is 35.2 Å². The number of rotatable bonds is 6. The van der Waals surface area contributed by atoms with Gasteiger partial charge >= 0.3 is 5.97 Å². The molecule has 2 rings (SSSR count). The van der Waals surface area contributed by atoms with Crippen LogP contribution in [0.3, 0.4) is 0 Å². The zero-order chi connectivity index (χ0) is 16.1. The zero-order valence-electron chi connectivity index (χ0n) is 12.5. The van der Waals surface area contributed by atoms with Gasteiger partial charge in [0, 0.05) is 12.8 Å². The first kappa shape index (κ1) is 15.7. The van der Waals surface area contributed by atoms with Crippen molar-refractivity contribution in [2.24, 2.45) is 0 Å². The van der Waals surface area contributed by atoms with Crippen LogP contribution >= 0.6 is 0 Å². The van der Waals surface area contributed by atoms with Gasteiger partial charge in [-0.15, -0.1) is 0 Å². The highest BCUT2D eigenvalue weighted by atomic mass is 16.4. The standard InChI is InChI=1S/C15H18N4O3/c1-9-4-3-5-11(8-9)14(15(21)22)17-13(20)7-6-12-16-10(2)18-19-12/h3-5,8,14H,6-7H2,1-2H3,(H,17,20)(H,21,22)(H,16,18,19)/t14-/m1/s1. The molecule has 0 aliphatic rings. The highest BCUT2D eigenvalue weighted by molar-refractivity contribution is 5.84. The maximum Gasteiger partial charge on any atom is 0.330 e. The Labute approximate surface area is 127 Å². The number of benzene rings is 1. The van der Waals surface area contributed by atoms with E-state index in [9.17, 15) is 14.7 Å². The molecule has 7 nitrogen and oxygen atoms in total. The molecule has 1 amide bonds. The molecule has 1 atom stereocenters. The monoisotopic (exact) mass is 302 g/mol. The van der Waals surface area contributed by atoms with Crippen molar-refractivity contribution in [1.82, 2.24) is 20.5 Å². The molecule has 3 N–H and O–H groups in total. The average molecular weight is 302 g/mol. The number of carbonyl (C=O) groups is 2. The SMILES string of the molecule is Cc1cccc([C@@H](NC(=O)CCc2n[nH]c(C)n2)C(=O)O)c1. The maximum atomic E-state index is 12.0. The summed E-state index contributed by atoms with van der Waals surface area (Å²) in [6.07, 6.45) is 0.489. The summed E-state index contributed by atoms with van der Waals surface area (Å²) in [6, 6.07) is 6.02. The second kappa shape index (κ2) is 6.84. The molecule has 22 heavy (non-hydrogen) atoms. The third-order valence-corrected chi connectivity index (χ3v) is 3.15. The zero-order valence-corrected chi connectivity index (χ0v) is 12.5. The number of nitrogens with one attached hydrogen (secondary N) is 2. The first-order valence-corrected chi connectivity index (χ1v) is 6.92. The number of amides is 1. The summed E-state index contributed by atoms with van der Waals surface area (Å²) in [7, 11) is 0. The molecular weight excluding hydrogens is 284 g/mol. The Kier molecular flexibility index (Phi) is 4.88. The molecule has 1 aromatic carbocycles. The summed E-state index contributed by atoms with van der Waals surface area (Å²) in [5.74, 6) is -0.224. The molecule has 2 aromatic rings. The molecular formula is C15H18N4O3. The number of hydrogen-bond donors (Lipinski definition) is 3. The Hall–Kier alpha value is -2.70. The van der Waals surface area contributed by atoms with Gasteiger partial charge in [-0.1, -0.05) is 29.8 Å². The van der Waals surface area contributed by atoms with E-state index in [1.54, 1.807) is 25.1 Å². The van der Waals surface area contributed by atoms with Crippen molar-refractivity contribution in [3.8, 4) is 0 Å². The summed E-state index contributed by atoms with van der Waals surface area (Å²) < 4.78 is 0. The molecule has 0 aliphatic carbocycles. The molecule has 1 heterocycles. The van der Waals surface area contributed by atoms with Gasteiger partial charge in [-0.25, -0.2) is 9.78 Å². The predicted octanol–water partition coefficient (Wildman–Crippen LogP) is 1.30. The van der Waals surface area contributed by atoms with Gasteiger partial charge in [-0.3, -0.25) is 9.89 Å². The van der Waals surface area contributed by atoms with Crippen LogP contribution in [0.5, 0.6) is 0 Å². The van der Waals surface area contributed by atoms with Crippen molar-refractivity contribution < 1.29 is 14.7 Å². The minimum absolute atomic E-state index is 0.132. The van der Waals surface area contributed by atoms with Gasteiger partial charge in [0.1, 0.15) is 5.82 Å². The quantitative estimate of drug-likeness (QED) is 0.745. The van der Waals surface area contributed by atoms with E-state index in [0.29, 0.717) is 23.6 Å². The van der Waals surface area contributed by atoms with E-state index in [1.807, 2.05) is 13.0 Å². The van der Waals surface area contributed by atoms with Gasteiger partial charge < -0.3 is 10.4 Å². The average Bonchev–Trinajstić information content (AvgIpc) is 2.88. The van der Waals surface area contributed by atoms with Gasteiger partial charge in [0.25, 0.3) is 0 Å². The number of carboxylic acids is 1. The van der Waals surface area contributed by atoms with Crippen LogP contribution < -0.4 is 5.32 Å². The van der Waals surface area contributed by atoms with Crippen LogP contribution in [-0.4, -0.2) is 32.2 Å². The van der Waals surface area contributed by atoms with Crippen molar-refractivity contribution >= 4 is 11.9 Å². The number of H-pyrrole nitrogens is 1. The van der Waals surface area contributed by atoms with Crippen LogP contribution in [-0.2, 0) is 16.0 Å². The predicted molar refractivity (Wildman–Crippen MR) is 79.1 cm³/mol. The lowest BCUT2D eigenvalue weighted by atomic mass is 10.0. The van der Waals surface area contributed by atoms with Crippen molar-refractivity contribution in [3.63, 3.8) is 0 Å². The van der Waals surface area contributed by atoms with Gasteiger partial charge in [0.15, 0.2) is 11.9 Å². The number of aryl methyl sites for hydroxylation is 3. The van der Waals surface area contributed by atoms with E-state index in [-0.39, 0.29) is 12.3 Å². The molecule has 0 radical (unpaired) electrons. The van der Waals surface area contributed by atoms with E-state index >= 15 is 0 Å². The summed E-state index contributed by atoms with van der Waals surface area (Å²) in [6.45, 7) is 3.64. The van der Waals surface area contributed by atoms with Gasteiger partial charge in [0.2, 0.25) is 5.91 Å². The number of nitrogens with zero attached hydrogens (tertiary/aromatic N) is 2. The Balaban J connectivity index is 1.98. The number of aromatic nitrogens is 3. The molecule has 0 saturated carbocycles. The molecule has 0 bridgehead atoms. The summed E-state index contributed by atoms with van der Waals surface area (Å²) in [4.78, 5) is 27.4. The second-order valence-electron chi connectivity index (χ2n) is 5.09. The van der Waals surface area contributed by atoms with Crippen LogP contribution in [0.4, 0.5) is 0 Å². The lowest BCUT2D eigenvalue weighted by Gasteiger charge is -2.15. The maximum absolute atomic E-state index is 12.0. The highest BCUT2D eigenvalue weighted by Crippen LogP contribution is 2.15. The van der Waals surface area contributed by atoms with E-state index in [4.69, 9.17) is 0 Å². The number of aromatic amines is 1. The normalized spacial score (nSPS) is 11.9. The first-order valence-electron chi connectivity index (χ1n) is 6.92. The third-order valence-electron chi connectivity index (χ3n) is 3.15. The van der Waals surface area contributed by atoms with Crippen molar-refractivity contribution in [2.45, 2.75) is 32.7 Å². The molecule has 0 saturated heterocycles. The Bertz CT molecular complexity index is 681. The number of aliphatic carboxylic acids is 1. The van der Waals surface area contributed by atoms with E-state index in [0.717, 1.165) is 5.56 Å². The van der Waals surface area contributed by atoms with E-state index in [2.05, 4.69) is 20.5 Å². The van der Waals surface area contributed by atoms with Crippen LogP contribution in [0, 0.1) is 13.8 Å². The number of carbonyl (C=O) groups excluding carboxylic acids is 1. The first-order chi connectivity index (χ1) is 10.5. The van der Waals surface area contributed by atoms with Gasteiger partial charge in [-0.2, -0.15) is 5.10 Å². The Morgan fingerprint density at radius 2 is 2.14 bits per heavy atom. The molecule has 0 aliphatic heterocycles. The molecule has 0 spiro atoms. The summed E-state index contributed by atoms with van der Waals surface area (Å²) in [5, 5.41) is 18.5. The minimum atomic E-state index is -1.09. The fourth-order valence-electron chi connectivity index (χ4n) is 2.10. The lowest BCUT2D eigenvalue weighted by Crippen LogP contribution is -2.34. The van der Waals surface area contributed by atoms with Crippen molar-refractivity contribution in [2.75, 3.05) is 0 Å². The highest BCUT2D eigenvalue weighted by Gasteiger charge is 2.22. The topological polar surface area (TPSA) is 108 Å². The second-order valence-corrected chi connectivity index (χ2v) is 5.09. The summed E-state index contributed by atoms with van der Waals surface area (Å²) in [5.41, 5.74) is 1.49. The lowest BCUT2D eigenvalue weighted by molar-refractivity contribution is -0.142. The molecule has 1 aromatic heterocycles. The van der Waals surface area contributed by atoms with Crippen LogP contribution in [0.15, 0.2) is 24.3 Å². The molecule has 7 heteroatoms. The minimum Gasteiger partial charge on any atom is -0.479 e. The van der Waals surface area contributed by atoms with Crippen LogP contribution in [0.25, 0.3) is 0 Å². The number of hydrogen-bond acceptors (Lipinski definition) is 4. The van der Waals surface area contributed by atoms with E-state index in [1.165, 1.54) is 0 Å². The Morgan fingerprint density at radius 3 is 2.73 bits per heavy atom. The summed E-state index contributed by atoms with van der Waals surface area (Å²) >= 11 is 0. The fourth-order valence-corrected chi connectivity index (χ4v) is 2.10. The fraction of sp³-hybridized carbons (Fsp3) is 0.333. The molecule has 116 valence electrons. The third kappa shape index (κ3) is 4.15.